The van der Waals surface area contributed by atoms with Crippen molar-refractivity contribution in [2.45, 2.75) is 38.2 Å². The monoisotopic (exact) mass is 293 g/mol. The molecule has 114 valence electrons. The Labute approximate surface area is 122 Å². The Morgan fingerprint density at radius 2 is 2.10 bits per heavy atom. The number of hydrogen-bond donors (Lipinski definition) is 4. The van der Waals surface area contributed by atoms with Crippen molar-refractivity contribution in [3.05, 3.63) is 23.5 Å². The normalized spacial score (nSPS) is 16.5. The van der Waals surface area contributed by atoms with Gasteiger partial charge in [0.2, 0.25) is 0 Å². The number of nitrogens with zero attached hydrogens (tertiary/aromatic N) is 1. The molecule has 0 aromatic carbocycles. The van der Waals surface area contributed by atoms with Crippen LogP contribution in [0.3, 0.4) is 0 Å². The minimum absolute atomic E-state index is 0.382. The molecule has 1 atom stereocenters. The van der Waals surface area contributed by atoms with Gasteiger partial charge in [-0.25, -0.2) is 9.59 Å². The average molecular weight is 293 g/mol. The summed E-state index contributed by atoms with van der Waals surface area (Å²) in [5.74, 6) is -1.39. The Morgan fingerprint density at radius 1 is 1.38 bits per heavy atom. The molecular formula is C14H19N3O4. The molecule has 0 radical (unpaired) electrons. The second kappa shape index (κ2) is 6.09. The molecular weight excluding hydrogens is 274 g/mol. The number of pyridine rings is 1. The van der Waals surface area contributed by atoms with Gasteiger partial charge in [-0.1, -0.05) is 0 Å². The summed E-state index contributed by atoms with van der Waals surface area (Å²) in [7, 11) is 0. The number of rotatable bonds is 4. The highest BCUT2D eigenvalue weighted by Gasteiger charge is 2.30. The predicted octanol–water partition coefficient (Wildman–Crippen LogP) is 0.918. The second-order valence-corrected chi connectivity index (χ2v) is 5.42. The van der Waals surface area contributed by atoms with Gasteiger partial charge in [0, 0.05) is 5.69 Å². The van der Waals surface area contributed by atoms with Crippen molar-refractivity contribution in [1.29, 1.82) is 0 Å². The highest BCUT2D eigenvalue weighted by Crippen LogP contribution is 2.21. The second-order valence-electron chi connectivity index (χ2n) is 5.42. The molecule has 1 heterocycles. The van der Waals surface area contributed by atoms with E-state index in [0.29, 0.717) is 5.69 Å². The molecule has 1 aliphatic rings. The lowest BCUT2D eigenvalue weighted by molar-refractivity contribution is -0.155. The van der Waals surface area contributed by atoms with E-state index in [9.17, 15) is 14.7 Å². The number of fused-ring (bicyclic) bond motifs is 1. The van der Waals surface area contributed by atoms with E-state index in [-0.39, 0.29) is 6.54 Å². The topological polar surface area (TPSA) is 112 Å². The molecule has 21 heavy (non-hydrogen) atoms. The van der Waals surface area contributed by atoms with Gasteiger partial charge in [-0.05, 0) is 44.2 Å². The quantitative estimate of drug-likeness (QED) is 0.659. The van der Waals surface area contributed by atoms with Gasteiger partial charge in [0.15, 0.2) is 5.60 Å². The van der Waals surface area contributed by atoms with Gasteiger partial charge < -0.3 is 20.8 Å². The van der Waals surface area contributed by atoms with Crippen LogP contribution in [-0.2, 0) is 17.6 Å². The standard InChI is InChI=1S/C14H19N3O4/c1-14(21,12(18)19)8-16-13(20)17-10-6-9-4-2-3-5-11(9)15-7-10/h6-7,21H,2-5,8H2,1H3,(H,18,19)(H2,16,17,20). The molecule has 0 saturated carbocycles. The maximum Gasteiger partial charge on any atom is 0.337 e. The number of carbonyl (C=O) groups is 2. The summed E-state index contributed by atoms with van der Waals surface area (Å²) in [6, 6.07) is 1.31. The molecule has 0 saturated heterocycles. The summed E-state index contributed by atoms with van der Waals surface area (Å²) in [4.78, 5) is 26.7. The number of carbonyl (C=O) groups excluding carboxylic acids is 1. The summed E-state index contributed by atoms with van der Waals surface area (Å²) >= 11 is 0. The highest BCUT2D eigenvalue weighted by atomic mass is 16.4. The van der Waals surface area contributed by atoms with E-state index in [1.54, 1.807) is 6.20 Å². The Bertz CT molecular complexity index is 557. The molecule has 0 fully saturated rings. The molecule has 7 nitrogen and oxygen atoms in total. The third-order valence-electron chi connectivity index (χ3n) is 3.48. The molecule has 1 unspecified atom stereocenters. The summed E-state index contributed by atoms with van der Waals surface area (Å²) < 4.78 is 0. The van der Waals surface area contributed by atoms with Crippen LogP contribution in [0.2, 0.25) is 0 Å². The van der Waals surface area contributed by atoms with E-state index >= 15 is 0 Å². The zero-order chi connectivity index (χ0) is 15.5. The Morgan fingerprint density at radius 3 is 2.81 bits per heavy atom. The number of nitrogens with one attached hydrogen (secondary N) is 2. The summed E-state index contributed by atoms with van der Waals surface area (Å²) in [5.41, 5.74) is 0.770. The Hall–Kier alpha value is -2.15. The van der Waals surface area contributed by atoms with E-state index < -0.39 is 17.6 Å². The maximum absolute atomic E-state index is 11.7. The number of hydrogen-bond acceptors (Lipinski definition) is 4. The number of anilines is 1. The molecule has 0 bridgehead atoms. The van der Waals surface area contributed by atoms with Crippen LogP contribution in [0.15, 0.2) is 12.3 Å². The Balaban J connectivity index is 1.92. The van der Waals surface area contributed by atoms with Crippen molar-refractivity contribution in [2.24, 2.45) is 0 Å². The van der Waals surface area contributed by atoms with Gasteiger partial charge in [0.25, 0.3) is 0 Å². The van der Waals surface area contributed by atoms with Crippen LogP contribution in [0.5, 0.6) is 0 Å². The highest BCUT2D eigenvalue weighted by molar-refractivity contribution is 5.89. The molecule has 4 N–H and O–H groups in total. The molecule has 1 aliphatic carbocycles. The van der Waals surface area contributed by atoms with E-state index in [1.165, 1.54) is 0 Å². The number of aliphatic carboxylic acids is 1. The van der Waals surface area contributed by atoms with E-state index in [2.05, 4.69) is 15.6 Å². The number of aliphatic hydroxyl groups is 1. The van der Waals surface area contributed by atoms with Crippen molar-refractivity contribution >= 4 is 17.7 Å². The maximum atomic E-state index is 11.7. The zero-order valence-electron chi connectivity index (χ0n) is 11.8. The lowest BCUT2D eigenvalue weighted by Crippen LogP contribution is -2.47. The number of aryl methyl sites for hydroxylation is 2. The van der Waals surface area contributed by atoms with Crippen molar-refractivity contribution in [3.8, 4) is 0 Å². The lowest BCUT2D eigenvalue weighted by atomic mass is 9.96. The number of urea groups is 1. The fourth-order valence-electron chi connectivity index (χ4n) is 2.16. The third-order valence-corrected chi connectivity index (χ3v) is 3.48. The van der Waals surface area contributed by atoms with Gasteiger partial charge in [-0.2, -0.15) is 0 Å². The largest absolute Gasteiger partial charge is 0.479 e. The number of carboxylic acids is 1. The SMILES string of the molecule is CC(O)(CNC(=O)Nc1cnc2c(c1)CCCC2)C(=O)O. The van der Waals surface area contributed by atoms with Gasteiger partial charge in [0.05, 0.1) is 18.4 Å². The molecule has 0 aliphatic heterocycles. The van der Waals surface area contributed by atoms with Gasteiger partial charge >= 0.3 is 12.0 Å². The summed E-state index contributed by atoms with van der Waals surface area (Å²) in [6.07, 6.45) is 5.75. The van der Waals surface area contributed by atoms with Crippen molar-refractivity contribution in [3.63, 3.8) is 0 Å². The third kappa shape index (κ3) is 3.91. The van der Waals surface area contributed by atoms with Crippen LogP contribution in [0.1, 0.15) is 31.0 Å². The van der Waals surface area contributed by atoms with Gasteiger partial charge in [-0.3, -0.25) is 4.98 Å². The van der Waals surface area contributed by atoms with E-state index in [1.807, 2.05) is 6.07 Å². The van der Waals surface area contributed by atoms with Crippen LogP contribution in [-0.4, -0.2) is 39.3 Å². The molecule has 0 spiro atoms. The number of carboxylic acid groups (broad SMARTS) is 1. The fourth-order valence-corrected chi connectivity index (χ4v) is 2.16. The molecule has 7 heteroatoms. The first kappa shape index (κ1) is 15.2. The number of amides is 2. The molecule has 2 rings (SSSR count). The molecule has 2 amide bonds. The lowest BCUT2D eigenvalue weighted by Gasteiger charge is -2.19. The van der Waals surface area contributed by atoms with Crippen molar-refractivity contribution < 1.29 is 19.8 Å². The first-order valence-corrected chi connectivity index (χ1v) is 6.87. The number of aromatic nitrogens is 1. The van der Waals surface area contributed by atoms with E-state index in [4.69, 9.17) is 5.11 Å². The Kier molecular flexibility index (Phi) is 4.42. The smallest absolute Gasteiger partial charge is 0.337 e. The minimum atomic E-state index is -1.99. The fraction of sp³-hybridized carbons (Fsp3) is 0.500. The van der Waals surface area contributed by atoms with Crippen molar-refractivity contribution in [1.82, 2.24) is 10.3 Å². The van der Waals surface area contributed by atoms with Gasteiger partial charge in [0.1, 0.15) is 0 Å². The van der Waals surface area contributed by atoms with Crippen LogP contribution in [0.25, 0.3) is 0 Å². The van der Waals surface area contributed by atoms with Crippen molar-refractivity contribution in [2.75, 3.05) is 11.9 Å². The van der Waals surface area contributed by atoms with Crippen LogP contribution in [0, 0.1) is 0 Å². The van der Waals surface area contributed by atoms with Crippen LogP contribution < -0.4 is 10.6 Å². The zero-order valence-corrected chi connectivity index (χ0v) is 11.8. The molecule has 1 aromatic rings. The first-order valence-electron chi connectivity index (χ1n) is 6.87. The van der Waals surface area contributed by atoms with Crippen LogP contribution >= 0.6 is 0 Å². The van der Waals surface area contributed by atoms with E-state index in [0.717, 1.165) is 43.9 Å². The summed E-state index contributed by atoms with van der Waals surface area (Å²) in [6.45, 7) is 0.739. The minimum Gasteiger partial charge on any atom is -0.479 e. The predicted molar refractivity (Wildman–Crippen MR) is 76.2 cm³/mol. The first-order chi connectivity index (χ1) is 9.88. The summed E-state index contributed by atoms with van der Waals surface area (Å²) in [5, 5.41) is 23.2. The molecule has 1 aromatic heterocycles. The average Bonchev–Trinajstić information content (AvgIpc) is 2.45. The van der Waals surface area contributed by atoms with Gasteiger partial charge in [-0.15, -0.1) is 0 Å². The van der Waals surface area contributed by atoms with Crippen LogP contribution in [0.4, 0.5) is 10.5 Å².